The van der Waals surface area contributed by atoms with Crippen molar-refractivity contribution in [3.8, 4) is 34.8 Å². The van der Waals surface area contributed by atoms with Gasteiger partial charge < -0.3 is 38.5 Å². The summed E-state index contributed by atoms with van der Waals surface area (Å²) in [6.07, 6.45) is 3.98. The van der Waals surface area contributed by atoms with Gasteiger partial charge in [-0.1, -0.05) is 23.4 Å². The summed E-state index contributed by atoms with van der Waals surface area (Å²) in [5, 5.41) is 4.49. The van der Waals surface area contributed by atoms with Crippen molar-refractivity contribution in [3.63, 3.8) is 0 Å². The molecule has 2 saturated heterocycles. The van der Waals surface area contributed by atoms with Gasteiger partial charge in [-0.3, -0.25) is 4.90 Å². The van der Waals surface area contributed by atoms with Crippen molar-refractivity contribution in [2.75, 3.05) is 78.5 Å². The minimum atomic E-state index is -0.00361. The standard InChI is InChI=1S/C31H35ClN4O7/c1-37-10-2-4-21-16-24(32)28(30-29(21)41-20-42-30)35-31-27-25(33-19-34-31)17-23(18-26(27)43-22-5-12-38-13-6-22)40-11-3-7-36-8-14-39-15-9-36/h16-19,22H,3,5-15,20H2,1H3,(H,33,34,35). The molecule has 228 valence electrons. The lowest BCUT2D eigenvalue weighted by Crippen LogP contribution is -2.37. The molecule has 43 heavy (non-hydrogen) atoms. The van der Waals surface area contributed by atoms with Crippen molar-refractivity contribution < 1.29 is 33.2 Å². The first-order chi connectivity index (χ1) is 21.2. The van der Waals surface area contributed by atoms with Gasteiger partial charge in [-0.25, -0.2) is 9.97 Å². The van der Waals surface area contributed by atoms with E-state index in [-0.39, 0.29) is 19.5 Å². The SMILES string of the molecule is COCC#Cc1cc(Cl)c(Nc2ncnc3cc(OCCCN4CCOCC4)cc(OC4CCOCC4)c23)c2c1OCO2. The van der Waals surface area contributed by atoms with Gasteiger partial charge in [0.2, 0.25) is 6.79 Å². The third kappa shape index (κ3) is 7.17. The van der Waals surface area contributed by atoms with Gasteiger partial charge in [-0.15, -0.1) is 0 Å². The molecule has 0 unspecified atom stereocenters. The highest BCUT2D eigenvalue weighted by Gasteiger charge is 2.26. The van der Waals surface area contributed by atoms with Crippen LogP contribution in [-0.2, 0) is 14.2 Å². The first kappa shape index (κ1) is 29.5. The third-order valence-electron chi connectivity index (χ3n) is 7.41. The number of aromatic nitrogens is 2. The summed E-state index contributed by atoms with van der Waals surface area (Å²) in [6.45, 7) is 6.68. The van der Waals surface area contributed by atoms with Crippen molar-refractivity contribution in [1.29, 1.82) is 0 Å². The molecular formula is C31H35ClN4O7. The molecule has 0 aliphatic carbocycles. The van der Waals surface area contributed by atoms with E-state index in [0.29, 0.717) is 75.8 Å². The van der Waals surface area contributed by atoms with Gasteiger partial charge >= 0.3 is 0 Å². The Labute approximate surface area is 255 Å². The van der Waals surface area contributed by atoms with E-state index >= 15 is 0 Å². The Hall–Kier alpha value is -3.53. The van der Waals surface area contributed by atoms with E-state index in [1.807, 2.05) is 12.1 Å². The van der Waals surface area contributed by atoms with Gasteiger partial charge in [0.05, 0.1) is 54.5 Å². The Bertz CT molecular complexity index is 1480. The van der Waals surface area contributed by atoms with Crippen LogP contribution in [0.5, 0.6) is 23.0 Å². The lowest BCUT2D eigenvalue weighted by Gasteiger charge is -2.26. The van der Waals surface area contributed by atoms with Gasteiger partial charge in [0.1, 0.15) is 42.0 Å². The maximum atomic E-state index is 6.76. The van der Waals surface area contributed by atoms with Crippen LogP contribution in [0, 0.1) is 11.8 Å². The number of nitrogens with zero attached hydrogens (tertiary/aromatic N) is 3. The molecule has 12 heteroatoms. The summed E-state index contributed by atoms with van der Waals surface area (Å²) >= 11 is 6.76. The van der Waals surface area contributed by atoms with Crippen LogP contribution < -0.4 is 24.3 Å². The van der Waals surface area contributed by atoms with Gasteiger partial charge in [0, 0.05) is 51.7 Å². The summed E-state index contributed by atoms with van der Waals surface area (Å²) in [6, 6.07) is 5.57. The Balaban J connectivity index is 1.29. The molecule has 2 fully saturated rings. The number of anilines is 2. The average molecular weight is 611 g/mol. The lowest BCUT2D eigenvalue weighted by atomic mass is 10.1. The van der Waals surface area contributed by atoms with Gasteiger partial charge in [0.15, 0.2) is 11.5 Å². The van der Waals surface area contributed by atoms with E-state index in [1.165, 1.54) is 6.33 Å². The number of halogens is 1. The first-order valence-electron chi connectivity index (χ1n) is 14.5. The van der Waals surface area contributed by atoms with Crippen LogP contribution in [0.3, 0.4) is 0 Å². The molecule has 0 atom stereocenters. The Morgan fingerprint density at radius 3 is 2.70 bits per heavy atom. The molecular weight excluding hydrogens is 576 g/mol. The van der Waals surface area contributed by atoms with Crippen LogP contribution in [0.2, 0.25) is 5.02 Å². The van der Waals surface area contributed by atoms with E-state index in [4.69, 9.17) is 44.8 Å². The molecule has 1 N–H and O–H groups in total. The molecule has 0 saturated carbocycles. The van der Waals surface area contributed by atoms with Crippen molar-refractivity contribution in [1.82, 2.24) is 14.9 Å². The minimum Gasteiger partial charge on any atom is -0.493 e. The van der Waals surface area contributed by atoms with Crippen molar-refractivity contribution in [2.24, 2.45) is 0 Å². The number of nitrogens with one attached hydrogen (secondary N) is 1. The van der Waals surface area contributed by atoms with Crippen LogP contribution in [0.1, 0.15) is 24.8 Å². The predicted molar refractivity (Wildman–Crippen MR) is 161 cm³/mol. The van der Waals surface area contributed by atoms with E-state index in [1.54, 1.807) is 13.2 Å². The number of rotatable bonds is 10. The summed E-state index contributed by atoms with van der Waals surface area (Å²) < 4.78 is 40.4. The van der Waals surface area contributed by atoms with Gasteiger partial charge in [-0.05, 0) is 12.5 Å². The topological polar surface area (TPSA) is 106 Å². The molecule has 3 aromatic rings. The van der Waals surface area contributed by atoms with Crippen molar-refractivity contribution >= 4 is 34.0 Å². The van der Waals surface area contributed by atoms with Crippen molar-refractivity contribution in [3.05, 3.63) is 35.1 Å². The largest absolute Gasteiger partial charge is 0.493 e. The zero-order valence-corrected chi connectivity index (χ0v) is 24.9. The lowest BCUT2D eigenvalue weighted by molar-refractivity contribution is 0.0261. The highest BCUT2D eigenvalue weighted by atomic mass is 35.5. The van der Waals surface area contributed by atoms with Gasteiger partial charge in [0.25, 0.3) is 0 Å². The van der Waals surface area contributed by atoms with E-state index in [9.17, 15) is 0 Å². The number of fused-ring (bicyclic) bond motifs is 2. The van der Waals surface area contributed by atoms with Gasteiger partial charge in [-0.2, -0.15) is 0 Å². The molecule has 6 rings (SSSR count). The molecule has 11 nitrogen and oxygen atoms in total. The molecule has 3 aliphatic heterocycles. The Kier molecular flexibility index (Phi) is 9.82. The fourth-order valence-corrected chi connectivity index (χ4v) is 5.49. The van der Waals surface area contributed by atoms with Crippen LogP contribution in [-0.4, -0.2) is 94.2 Å². The maximum Gasteiger partial charge on any atom is 0.231 e. The molecule has 0 amide bonds. The number of benzene rings is 2. The smallest absolute Gasteiger partial charge is 0.231 e. The van der Waals surface area contributed by atoms with E-state index < -0.39 is 0 Å². The fraction of sp³-hybridized carbons (Fsp3) is 0.484. The second kappa shape index (κ2) is 14.3. The first-order valence-corrected chi connectivity index (χ1v) is 14.9. The molecule has 2 aromatic carbocycles. The normalized spacial score (nSPS) is 17.0. The fourth-order valence-electron chi connectivity index (χ4n) is 5.25. The zero-order valence-electron chi connectivity index (χ0n) is 24.2. The summed E-state index contributed by atoms with van der Waals surface area (Å²) in [4.78, 5) is 11.5. The van der Waals surface area contributed by atoms with Crippen LogP contribution in [0.4, 0.5) is 11.5 Å². The third-order valence-corrected chi connectivity index (χ3v) is 7.70. The predicted octanol–water partition coefficient (Wildman–Crippen LogP) is 4.41. The zero-order chi connectivity index (χ0) is 29.4. The maximum absolute atomic E-state index is 6.76. The molecule has 4 heterocycles. The van der Waals surface area contributed by atoms with Crippen LogP contribution in [0.25, 0.3) is 10.9 Å². The molecule has 0 bridgehead atoms. The number of morpholine rings is 1. The number of hydrogen-bond acceptors (Lipinski definition) is 11. The summed E-state index contributed by atoms with van der Waals surface area (Å²) in [5.74, 6) is 8.79. The average Bonchev–Trinajstić information content (AvgIpc) is 3.53. The number of methoxy groups -OCH3 is 1. The van der Waals surface area contributed by atoms with E-state index in [0.717, 1.165) is 52.1 Å². The second-order valence-corrected chi connectivity index (χ2v) is 10.7. The minimum absolute atomic E-state index is 0.00361. The molecule has 0 spiro atoms. The van der Waals surface area contributed by atoms with E-state index in [2.05, 4.69) is 32.0 Å². The molecule has 1 aromatic heterocycles. The molecule has 3 aliphatic rings. The van der Waals surface area contributed by atoms with Crippen molar-refractivity contribution in [2.45, 2.75) is 25.4 Å². The highest BCUT2D eigenvalue weighted by molar-refractivity contribution is 6.34. The number of ether oxygens (including phenoxy) is 7. The quantitative estimate of drug-likeness (QED) is 0.261. The second-order valence-electron chi connectivity index (χ2n) is 10.3. The number of hydrogen-bond donors (Lipinski definition) is 1. The summed E-state index contributed by atoms with van der Waals surface area (Å²) in [5.41, 5.74) is 1.82. The Morgan fingerprint density at radius 1 is 1.05 bits per heavy atom. The van der Waals surface area contributed by atoms with Crippen LogP contribution >= 0.6 is 11.6 Å². The summed E-state index contributed by atoms with van der Waals surface area (Å²) in [7, 11) is 1.59. The molecule has 0 radical (unpaired) electrons. The van der Waals surface area contributed by atoms with Crippen LogP contribution in [0.15, 0.2) is 24.5 Å². The monoisotopic (exact) mass is 610 g/mol. The Morgan fingerprint density at radius 2 is 1.86 bits per heavy atom. The highest BCUT2D eigenvalue weighted by Crippen LogP contribution is 2.48.